The standard InChI is InChI=1S/C8H7BrN2/c1-2-7-4-3-6(5-10)8(9)11-7/h3-4H,2H2,1H3. The average Bonchev–Trinajstić information content (AvgIpc) is 2.04. The van der Waals surface area contributed by atoms with Gasteiger partial charge in [-0.15, -0.1) is 0 Å². The lowest BCUT2D eigenvalue weighted by atomic mass is 10.2. The van der Waals surface area contributed by atoms with Gasteiger partial charge in [0.05, 0.1) is 5.56 Å². The van der Waals surface area contributed by atoms with E-state index < -0.39 is 0 Å². The van der Waals surface area contributed by atoms with E-state index in [9.17, 15) is 0 Å². The third kappa shape index (κ3) is 1.78. The normalized spacial score (nSPS) is 9.18. The van der Waals surface area contributed by atoms with Crippen LogP contribution in [0.25, 0.3) is 0 Å². The Morgan fingerprint density at radius 3 is 2.82 bits per heavy atom. The number of aromatic nitrogens is 1. The zero-order valence-corrected chi connectivity index (χ0v) is 7.72. The van der Waals surface area contributed by atoms with Crippen molar-refractivity contribution in [1.29, 1.82) is 5.26 Å². The molecule has 0 N–H and O–H groups in total. The minimum atomic E-state index is 0.585. The molecule has 0 saturated carbocycles. The summed E-state index contributed by atoms with van der Waals surface area (Å²) in [5.41, 5.74) is 1.58. The van der Waals surface area contributed by atoms with Gasteiger partial charge in [-0.25, -0.2) is 4.98 Å². The average molecular weight is 211 g/mol. The van der Waals surface area contributed by atoms with Gasteiger partial charge in [0.15, 0.2) is 0 Å². The predicted octanol–water partition coefficient (Wildman–Crippen LogP) is 2.28. The summed E-state index contributed by atoms with van der Waals surface area (Å²) in [5, 5.41) is 8.56. The van der Waals surface area contributed by atoms with Crippen LogP contribution in [0.2, 0.25) is 0 Å². The molecule has 1 aromatic heterocycles. The quantitative estimate of drug-likeness (QED) is 0.668. The summed E-state index contributed by atoms with van der Waals surface area (Å²) in [7, 11) is 0. The Bertz CT molecular complexity index is 301. The third-order valence-corrected chi connectivity index (χ3v) is 1.99. The van der Waals surface area contributed by atoms with Crippen molar-refractivity contribution in [3.05, 3.63) is 28.0 Å². The van der Waals surface area contributed by atoms with E-state index in [2.05, 4.69) is 20.9 Å². The zero-order chi connectivity index (χ0) is 8.27. The smallest absolute Gasteiger partial charge is 0.124 e. The molecule has 1 aromatic rings. The SMILES string of the molecule is CCc1ccc(C#N)c(Br)n1. The minimum absolute atomic E-state index is 0.585. The van der Waals surface area contributed by atoms with Crippen molar-refractivity contribution in [1.82, 2.24) is 4.98 Å². The molecule has 1 heterocycles. The topological polar surface area (TPSA) is 36.7 Å². The number of halogens is 1. The maximum absolute atomic E-state index is 8.56. The Morgan fingerprint density at radius 1 is 1.64 bits per heavy atom. The summed E-state index contributed by atoms with van der Waals surface area (Å²) < 4.78 is 0.638. The van der Waals surface area contributed by atoms with Gasteiger partial charge < -0.3 is 0 Å². The van der Waals surface area contributed by atoms with Crippen molar-refractivity contribution in [3.8, 4) is 6.07 Å². The van der Waals surface area contributed by atoms with Gasteiger partial charge in [0.25, 0.3) is 0 Å². The van der Waals surface area contributed by atoms with E-state index in [1.54, 1.807) is 6.07 Å². The number of pyridine rings is 1. The fraction of sp³-hybridized carbons (Fsp3) is 0.250. The van der Waals surface area contributed by atoms with Crippen LogP contribution in [0.4, 0.5) is 0 Å². The molecule has 0 saturated heterocycles. The molecular weight excluding hydrogens is 204 g/mol. The van der Waals surface area contributed by atoms with Gasteiger partial charge in [-0.2, -0.15) is 5.26 Å². The van der Waals surface area contributed by atoms with Crippen molar-refractivity contribution >= 4 is 15.9 Å². The summed E-state index contributed by atoms with van der Waals surface area (Å²) >= 11 is 3.21. The molecule has 0 aliphatic carbocycles. The van der Waals surface area contributed by atoms with Crippen LogP contribution in [0.15, 0.2) is 16.7 Å². The summed E-state index contributed by atoms with van der Waals surface area (Å²) in [6, 6.07) is 5.68. The van der Waals surface area contributed by atoms with Gasteiger partial charge in [-0.3, -0.25) is 0 Å². The number of rotatable bonds is 1. The van der Waals surface area contributed by atoms with Crippen molar-refractivity contribution in [2.24, 2.45) is 0 Å². The lowest BCUT2D eigenvalue weighted by molar-refractivity contribution is 1.02. The summed E-state index contributed by atoms with van der Waals surface area (Å²) in [5.74, 6) is 0. The van der Waals surface area contributed by atoms with Gasteiger partial charge in [-0.05, 0) is 34.5 Å². The Morgan fingerprint density at radius 2 is 2.36 bits per heavy atom. The molecule has 2 nitrogen and oxygen atoms in total. The van der Waals surface area contributed by atoms with E-state index in [0.29, 0.717) is 10.2 Å². The van der Waals surface area contributed by atoms with E-state index in [1.807, 2.05) is 19.1 Å². The largest absolute Gasteiger partial charge is 0.245 e. The van der Waals surface area contributed by atoms with Crippen LogP contribution in [0.3, 0.4) is 0 Å². The van der Waals surface area contributed by atoms with Gasteiger partial charge in [0.2, 0.25) is 0 Å². The lowest BCUT2D eigenvalue weighted by Gasteiger charge is -1.96. The monoisotopic (exact) mass is 210 g/mol. The van der Waals surface area contributed by atoms with Crippen molar-refractivity contribution in [2.45, 2.75) is 13.3 Å². The molecule has 0 fully saturated rings. The van der Waals surface area contributed by atoms with Crippen LogP contribution in [-0.2, 0) is 6.42 Å². The van der Waals surface area contributed by atoms with Crippen LogP contribution in [0.5, 0.6) is 0 Å². The highest BCUT2D eigenvalue weighted by atomic mass is 79.9. The Kier molecular flexibility index (Phi) is 2.61. The van der Waals surface area contributed by atoms with E-state index in [0.717, 1.165) is 12.1 Å². The number of aryl methyl sites for hydroxylation is 1. The molecular formula is C8H7BrN2. The molecule has 0 aliphatic rings. The first-order valence-corrected chi connectivity index (χ1v) is 4.12. The maximum Gasteiger partial charge on any atom is 0.124 e. The van der Waals surface area contributed by atoms with Gasteiger partial charge in [0.1, 0.15) is 10.7 Å². The highest BCUT2D eigenvalue weighted by Crippen LogP contribution is 2.13. The number of hydrogen-bond acceptors (Lipinski definition) is 2. The zero-order valence-electron chi connectivity index (χ0n) is 6.13. The fourth-order valence-electron chi connectivity index (χ4n) is 0.752. The van der Waals surface area contributed by atoms with Crippen LogP contribution in [0, 0.1) is 11.3 Å². The van der Waals surface area contributed by atoms with E-state index in [4.69, 9.17) is 5.26 Å². The lowest BCUT2D eigenvalue weighted by Crippen LogP contribution is -1.89. The van der Waals surface area contributed by atoms with Crippen LogP contribution in [-0.4, -0.2) is 4.98 Å². The Hall–Kier alpha value is -0.880. The third-order valence-electron chi connectivity index (χ3n) is 1.39. The molecule has 0 radical (unpaired) electrons. The number of nitrogens with zero attached hydrogens (tertiary/aromatic N) is 2. The van der Waals surface area contributed by atoms with E-state index in [-0.39, 0.29) is 0 Å². The van der Waals surface area contributed by atoms with Gasteiger partial charge in [-0.1, -0.05) is 6.92 Å². The number of nitriles is 1. The molecule has 0 unspecified atom stereocenters. The second-order valence-corrected chi connectivity index (χ2v) is 2.86. The predicted molar refractivity (Wildman–Crippen MR) is 46.0 cm³/mol. The van der Waals surface area contributed by atoms with Crippen LogP contribution in [0.1, 0.15) is 18.2 Å². The highest BCUT2D eigenvalue weighted by molar-refractivity contribution is 9.10. The molecule has 3 heteroatoms. The highest BCUT2D eigenvalue weighted by Gasteiger charge is 1.99. The molecule has 0 amide bonds. The molecule has 0 aliphatic heterocycles. The molecule has 0 spiro atoms. The van der Waals surface area contributed by atoms with Gasteiger partial charge in [0, 0.05) is 5.69 Å². The Labute approximate surface area is 74.0 Å². The molecule has 1 rings (SSSR count). The molecule has 11 heavy (non-hydrogen) atoms. The second kappa shape index (κ2) is 3.49. The first kappa shape index (κ1) is 8.22. The number of hydrogen-bond donors (Lipinski definition) is 0. The molecule has 56 valence electrons. The van der Waals surface area contributed by atoms with Crippen LogP contribution >= 0.6 is 15.9 Å². The van der Waals surface area contributed by atoms with E-state index >= 15 is 0 Å². The van der Waals surface area contributed by atoms with Gasteiger partial charge >= 0.3 is 0 Å². The molecule has 0 bridgehead atoms. The van der Waals surface area contributed by atoms with Crippen molar-refractivity contribution < 1.29 is 0 Å². The summed E-state index contributed by atoms with van der Waals surface area (Å²) in [4.78, 5) is 4.16. The second-order valence-electron chi connectivity index (χ2n) is 2.11. The fourth-order valence-corrected chi connectivity index (χ4v) is 1.20. The van der Waals surface area contributed by atoms with Crippen molar-refractivity contribution in [2.75, 3.05) is 0 Å². The van der Waals surface area contributed by atoms with Crippen LogP contribution < -0.4 is 0 Å². The van der Waals surface area contributed by atoms with Crippen molar-refractivity contribution in [3.63, 3.8) is 0 Å². The Balaban J connectivity index is 3.12. The first-order valence-electron chi connectivity index (χ1n) is 3.33. The molecule has 0 atom stereocenters. The summed E-state index contributed by atoms with van der Waals surface area (Å²) in [6.45, 7) is 2.03. The minimum Gasteiger partial charge on any atom is -0.245 e. The maximum atomic E-state index is 8.56. The molecule has 0 aromatic carbocycles. The first-order chi connectivity index (χ1) is 5.27. The van der Waals surface area contributed by atoms with E-state index in [1.165, 1.54) is 0 Å². The summed E-state index contributed by atoms with van der Waals surface area (Å²) in [6.07, 6.45) is 0.893.